The zero-order valence-corrected chi connectivity index (χ0v) is 21.3. The molecule has 2 aliphatic rings. The van der Waals surface area contributed by atoms with Crippen LogP contribution in [-0.4, -0.2) is 71.1 Å². The first-order valence-corrected chi connectivity index (χ1v) is 12.7. The van der Waals surface area contributed by atoms with E-state index in [1.807, 2.05) is 19.2 Å². The number of alkyl halides is 3. The Bertz CT molecular complexity index is 1340. The van der Waals surface area contributed by atoms with Gasteiger partial charge in [-0.2, -0.15) is 18.3 Å². The smallest absolute Gasteiger partial charge is 0.378 e. The number of aromatic nitrogens is 3. The first-order chi connectivity index (χ1) is 18.1. The molecule has 2 saturated heterocycles. The zero-order chi connectivity index (χ0) is 27.0. The molecule has 1 N–H and O–H groups in total. The van der Waals surface area contributed by atoms with Gasteiger partial charge in [0.2, 0.25) is 0 Å². The number of carbonyl (C=O) groups excluding carboxylic acids is 1. The van der Waals surface area contributed by atoms with Crippen molar-refractivity contribution in [2.24, 2.45) is 5.92 Å². The number of amides is 2. The maximum atomic E-state index is 15.0. The Labute approximate surface area is 217 Å². The van der Waals surface area contributed by atoms with Crippen LogP contribution < -0.4 is 10.2 Å². The van der Waals surface area contributed by atoms with Gasteiger partial charge in [0.25, 0.3) is 0 Å². The van der Waals surface area contributed by atoms with E-state index in [2.05, 4.69) is 20.3 Å². The van der Waals surface area contributed by atoms with Crippen LogP contribution in [0.1, 0.15) is 30.7 Å². The lowest BCUT2D eigenvalue weighted by Gasteiger charge is -2.33. The molecule has 3 aromatic rings. The van der Waals surface area contributed by atoms with Crippen molar-refractivity contribution in [1.29, 1.82) is 0 Å². The summed E-state index contributed by atoms with van der Waals surface area (Å²) in [5, 5.41) is 7.07. The average Bonchev–Trinajstić information content (AvgIpc) is 3.24. The number of hydrogen-bond acceptors (Lipinski definition) is 5. The Hall–Kier alpha value is -3.41. The molecule has 1 aromatic carbocycles. The van der Waals surface area contributed by atoms with Gasteiger partial charge in [-0.1, -0.05) is 0 Å². The van der Waals surface area contributed by atoms with Crippen LogP contribution >= 0.6 is 0 Å². The zero-order valence-electron chi connectivity index (χ0n) is 21.3. The van der Waals surface area contributed by atoms with E-state index in [-0.39, 0.29) is 12.2 Å². The number of hydrogen-bond donors (Lipinski definition) is 1. The number of aryl methyl sites for hydroxylation is 2. The minimum absolute atomic E-state index is 0.0170. The molecule has 0 saturated carbocycles. The van der Waals surface area contributed by atoms with E-state index in [0.717, 1.165) is 11.3 Å². The van der Waals surface area contributed by atoms with Crippen molar-refractivity contribution in [2.45, 2.75) is 39.3 Å². The number of benzene rings is 1. The van der Waals surface area contributed by atoms with E-state index in [1.54, 1.807) is 17.5 Å². The molecule has 0 radical (unpaired) electrons. The van der Waals surface area contributed by atoms with Crippen molar-refractivity contribution in [3.05, 3.63) is 41.6 Å². The van der Waals surface area contributed by atoms with E-state index < -0.39 is 30.4 Å². The number of anilines is 2. The Morgan fingerprint density at radius 1 is 1.16 bits per heavy atom. The normalized spacial score (nSPS) is 18.7. The first kappa shape index (κ1) is 26.2. The van der Waals surface area contributed by atoms with Crippen LogP contribution in [0, 0.1) is 25.6 Å². The lowest BCUT2D eigenvalue weighted by molar-refractivity contribution is -0.147. The third-order valence-electron chi connectivity index (χ3n) is 7.06. The van der Waals surface area contributed by atoms with Gasteiger partial charge in [0, 0.05) is 44.4 Å². The number of likely N-dealkylation sites (tertiary alicyclic amines) is 1. The third kappa shape index (κ3) is 5.69. The molecule has 204 valence electrons. The fraction of sp³-hybridized carbons (Fsp3) is 0.500. The maximum absolute atomic E-state index is 15.0. The Kier molecular flexibility index (Phi) is 7.17. The molecular weight excluding hydrogens is 504 g/mol. The number of pyridine rings is 1. The van der Waals surface area contributed by atoms with Gasteiger partial charge in [0.15, 0.2) is 5.65 Å². The molecule has 12 heteroatoms. The summed E-state index contributed by atoms with van der Waals surface area (Å²) in [6, 6.07) is 4.28. The number of piperidine rings is 1. The highest BCUT2D eigenvalue weighted by Gasteiger charge is 2.35. The maximum Gasteiger partial charge on any atom is 0.389 e. The minimum Gasteiger partial charge on any atom is -0.378 e. The number of ether oxygens (including phenoxy) is 1. The van der Waals surface area contributed by atoms with Crippen LogP contribution in [0.3, 0.4) is 0 Å². The summed E-state index contributed by atoms with van der Waals surface area (Å²) >= 11 is 0. The molecule has 2 aromatic heterocycles. The topological polar surface area (TPSA) is 75.0 Å². The predicted octanol–water partition coefficient (Wildman–Crippen LogP) is 5.19. The Morgan fingerprint density at radius 2 is 1.92 bits per heavy atom. The summed E-state index contributed by atoms with van der Waals surface area (Å²) in [6.45, 7) is 6.47. The van der Waals surface area contributed by atoms with E-state index in [1.165, 1.54) is 11.0 Å². The van der Waals surface area contributed by atoms with Gasteiger partial charge in [-0.25, -0.2) is 18.7 Å². The highest BCUT2D eigenvalue weighted by Crippen LogP contribution is 2.34. The van der Waals surface area contributed by atoms with Crippen LogP contribution in [0.4, 0.5) is 33.7 Å². The third-order valence-corrected chi connectivity index (χ3v) is 7.06. The van der Waals surface area contributed by atoms with Gasteiger partial charge in [-0.3, -0.25) is 0 Å². The summed E-state index contributed by atoms with van der Waals surface area (Å²) in [4.78, 5) is 21.0. The molecule has 0 bridgehead atoms. The number of nitrogens with one attached hydrogen (secondary N) is 1. The lowest BCUT2D eigenvalue weighted by Crippen LogP contribution is -2.43. The number of morpholine rings is 1. The highest BCUT2D eigenvalue weighted by molar-refractivity contribution is 5.91. The molecule has 5 rings (SSSR count). The van der Waals surface area contributed by atoms with Crippen LogP contribution in [0.25, 0.3) is 16.8 Å². The molecule has 38 heavy (non-hydrogen) atoms. The fourth-order valence-electron chi connectivity index (χ4n) is 5.28. The number of nitrogens with zero attached hydrogens (tertiary/aromatic N) is 5. The van der Waals surface area contributed by atoms with E-state index in [9.17, 15) is 22.4 Å². The standard InChI is InChI=1S/C26H30F4N6O2/c1-16-10-21(27)22(32-25(37)35-5-3-4-18(14-35)13-26(28,29)30)12-20(16)19-11-23(34-6-8-38-9-7-34)24-31-17(2)33-36(24)15-19/h10-12,15,18H,3-9,13-14H2,1-2H3,(H,32,37)/t18-/m0/s1. The van der Waals surface area contributed by atoms with Gasteiger partial charge in [-0.15, -0.1) is 0 Å². The summed E-state index contributed by atoms with van der Waals surface area (Å²) in [6.07, 6.45) is -2.53. The largest absolute Gasteiger partial charge is 0.389 e. The first-order valence-electron chi connectivity index (χ1n) is 12.7. The number of fused-ring (bicyclic) bond motifs is 1. The van der Waals surface area contributed by atoms with Crippen LogP contribution in [0.5, 0.6) is 0 Å². The molecular formula is C26H30F4N6O2. The van der Waals surface area contributed by atoms with Crippen molar-refractivity contribution in [3.63, 3.8) is 0 Å². The molecule has 8 nitrogen and oxygen atoms in total. The second kappa shape index (κ2) is 10.4. The highest BCUT2D eigenvalue weighted by atomic mass is 19.4. The molecule has 1 atom stereocenters. The van der Waals surface area contributed by atoms with Crippen molar-refractivity contribution in [2.75, 3.05) is 49.6 Å². The average molecular weight is 535 g/mol. The van der Waals surface area contributed by atoms with Crippen LogP contribution in [-0.2, 0) is 4.74 Å². The second-order valence-electron chi connectivity index (χ2n) is 9.99. The Balaban J connectivity index is 1.44. The van der Waals surface area contributed by atoms with Gasteiger partial charge in [0.1, 0.15) is 11.6 Å². The fourth-order valence-corrected chi connectivity index (χ4v) is 5.28. The minimum atomic E-state index is -4.29. The van der Waals surface area contributed by atoms with Crippen LogP contribution in [0.2, 0.25) is 0 Å². The van der Waals surface area contributed by atoms with Gasteiger partial charge < -0.3 is 19.9 Å². The summed E-state index contributed by atoms with van der Waals surface area (Å²) in [5.74, 6) is -0.662. The van der Waals surface area contributed by atoms with Crippen molar-refractivity contribution in [1.82, 2.24) is 19.5 Å². The second-order valence-corrected chi connectivity index (χ2v) is 9.99. The molecule has 2 aliphatic heterocycles. The van der Waals surface area contributed by atoms with Crippen molar-refractivity contribution in [3.8, 4) is 11.1 Å². The molecule has 0 unspecified atom stereocenters. The number of halogens is 4. The van der Waals surface area contributed by atoms with Crippen LogP contribution in [0.15, 0.2) is 24.4 Å². The van der Waals surface area contributed by atoms with E-state index >= 15 is 0 Å². The predicted molar refractivity (Wildman–Crippen MR) is 135 cm³/mol. The van der Waals surface area contributed by atoms with E-state index in [4.69, 9.17) is 4.74 Å². The van der Waals surface area contributed by atoms with Gasteiger partial charge in [0.05, 0.1) is 24.6 Å². The van der Waals surface area contributed by atoms with Crippen molar-refractivity contribution >= 4 is 23.1 Å². The quantitative estimate of drug-likeness (QED) is 0.467. The molecule has 4 heterocycles. The number of carbonyl (C=O) groups is 1. The lowest BCUT2D eigenvalue weighted by atomic mass is 9.95. The molecule has 2 fully saturated rings. The molecule has 0 aliphatic carbocycles. The van der Waals surface area contributed by atoms with E-state index in [0.29, 0.717) is 68.3 Å². The Morgan fingerprint density at radius 3 is 2.66 bits per heavy atom. The van der Waals surface area contributed by atoms with Crippen molar-refractivity contribution < 1.29 is 27.1 Å². The SMILES string of the molecule is Cc1nc2c(N3CCOCC3)cc(-c3cc(NC(=O)N4CCC[C@@H](CC(F)(F)F)C4)c(F)cc3C)cn2n1. The number of urea groups is 1. The summed E-state index contributed by atoms with van der Waals surface area (Å²) in [7, 11) is 0. The monoisotopic (exact) mass is 534 g/mol. The summed E-state index contributed by atoms with van der Waals surface area (Å²) < 4.78 is 60.8. The molecule has 2 amide bonds. The summed E-state index contributed by atoms with van der Waals surface area (Å²) in [5.41, 5.74) is 3.67. The number of rotatable bonds is 4. The molecule has 0 spiro atoms. The van der Waals surface area contributed by atoms with Gasteiger partial charge >= 0.3 is 12.2 Å². The van der Waals surface area contributed by atoms with Gasteiger partial charge in [-0.05, 0) is 61.9 Å².